The monoisotopic (exact) mass is 418 g/mol. The second-order valence-corrected chi connectivity index (χ2v) is 8.87. The van der Waals surface area contributed by atoms with Gasteiger partial charge in [0.15, 0.2) is 0 Å². The second kappa shape index (κ2) is 10.9. The number of hydrogen-bond donors (Lipinski definition) is 2. The van der Waals surface area contributed by atoms with Crippen molar-refractivity contribution in [3.05, 3.63) is 66.2 Å². The average Bonchev–Trinajstić information content (AvgIpc) is 2.73. The number of anilines is 2. The molecule has 31 heavy (non-hydrogen) atoms. The zero-order valence-electron chi connectivity index (χ0n) is 19.1. The Balaban J connectivity index is 1.74. The summed E-state index contributed by atoms with van der Waals surface area (Å²) in [5.41, 5.74) is 2.38. The molecule has 164 valence electrons. The standard InChI is InChI=1S/C26H34N4O/c1-19(2)17-30(18-20(3)4)15-14-27-26(31)23-16-25(28-21-10-6-5-7-11-21)29-24-13-9-8-12-22(23)24/h5-13,16,19-20H,14-15,17-18H2,1-4H3,(H,27,31)(H,28,29). The van der Waals surface area contributed by atoms with Crippen molar-refractivity contribution in [1.29, 1.82) is 0 Å². The first-order valence-corrected chi connectivity index (χ1v) is 11.1. The van der Waals surface area contributed by atoms with Crippen molar-refractivity contribution in [2.45, 2.75) is 27.7 Å². The lowest BCUT2D eigenvalue weighted by atomic mass is 10.1. The highest BCUT2D eigenvalue weighted by Crippen LogP contribution is 2.23. The van der Waals surface area contributed by atoms with Crippen LogP contribution in [-0.4, -0.2) is 42.0 Å². The number of para-hydroxylation sites is 2. The molecule has 0 saturated heterocycles. The van der Waals surface area contributed by atoms with E-state index in [4.69, 9.17) is 0 Å². The minimum absolute atomic E-state index is 0.0660. The van der Waals surface area contributed by atoms with Gasteiger partial charge in [-0.15, -0.1) is 0 Å². The second-order valence-electron chi connectivity index (χ2n) is 8.87. The van der Waals surface area contributed by atoms with Crippen molar-refractivity contribution >= 4 is 28.3 Å². The summed E-state index contributed by atoms with van der Waals surface area (Å²) in [5.74, 6) is 1.80. The van der Waals surface area contributed by atoms with Crippen molar-refractivity contribution < 1.29 is 4.79 Å². The minimum atomic E-state index is -0.0660. The van der Waals surface area contributed by atoms with Crippen LogP contribution in [0, 0.1) is 11.8 Å². The number of hydrogen-bond acceptors (Lipinski definition) is 4. The van der Waals surface area contributed by atoms with E-state index < -0.39 is 0 Å². The van der Waals surface area contributed by atoms with Gasteiger partial charge >= 0.3 is 0 Å². The van der Waals surface area contributed by atoms with E-state index in [0.29, 0.717) is 29.8 Å². The Kier molecular flexibility index (Phi) is 8.01. The molecule has 3 rings (SSSR count). The van der Waals surface area contributed by atoms with Gasteiger partial charge in [-0.2, -0.15) is 0 Å². The van der Waals surface area contributed by atoms with Crippen LogP contribution in [0.3, 0.4) is 0 Å². The first-order chi connectivity index (χ1) is 14.9. The number of aromatic nitrogens is 1. The Bertz CT molecular complexity index is 975. The number of pyridine rings is 1. The molecule has 0 aliphatic carbocycles. The van der Waals surface area contributed by atoms with Crippen LogP contribution in [-0.2, 0) is 0 Å². The summed E-state index contributed by atoms with van der Waals surface area (Å²) >= 11 is 0. The van der Waals surface area contributed by atoms with E-state index >= 15 is 0 Å². The third kappa shape index (κ3) is 6.79. The highest BCUT2D eigenvalue weighted by molar-refractivity contribution is 6.07. The van der Waals surface area contributed by atoms with Gasteiger partial charge in [0.2, 0.25) is 0 Å². The summed E-state index contributed by atoms with van der Waals surface area (Å²) in [4.78, 5) is 20.2. The summed E-state index contributed by atoms with van der Waals surface area (Å²) in [6, 6.07) is 19.5. The SMILES string of the molecule is CC(C)CN(CCNC(=O)c1cc(Nc2ccccc2)nc2ccccc12)CC(C)C. The molecule has 0 unspecified atom stereocenters. The maximum Gasteiger partial charge on any atom is 0.252 e. The number of nitrogens with one attached hydrogen (secondary N) is 2. The molecule has 0 radical (unpaired) electrons. The summed E-state index contributed by atoms with van der Waals surface area (Å²) < 4.78 is 0. The van der Waals surface area contributed by atoms with E-state index in [-0.39, 0.29) is 5.91 Å². The molecule has 1 aromatic heterocycles. The van der Waals surface area contributed by atoms with Gasteiger partial charge in [-0.05, 0) is 36.1 Å². The molecule has 0 fully saturated rings. The van der Waals surface area contributed by atoms with Gasteiger partial charge < -0.3 is 15.5 Å². The molecular weight excluding hydrogens is 384 g/mol. The maximum atomic E-state index is 13.1. The third-order valence-electron chi connectivity index (χ3n) is 4.97. The Hall–Kier alpha value is -2.92. The first-order valence-electron chi connectivity index (χ1n) is 11.1. The Labute approximate surface area is 185 Å². The van der Waals surface area contributed by atoms with Gasteiger partial charge in [0.1, 0.15) is 5.82 Å². The summed E-state index contributed by atoms with van der Waals surface area (Å²) in [5, 5.41) is 7.29. The number of amides is 1. The van der Waals surface area contributed by atoms with Gasteiger partial charge in [-0.3, -0.25) is 4.79 Å². The van der Waals surface area contributed by atoms with Gasteiger partial charge in [-0.1, -0.05) is 64.1 Å². The van der Waals surface area contributed by atoms with Crippen LogP contribution >= 0.6 is 0 Å². The van der Waals surface area contributed by atoms with E-state index in [1.165, 1.54) is 0 Å². The van der Waals surface area contributed by atoms with E-state index in [1.54, 1.807) is 0 Å². The van der Waals surface area contributed by atoms with Gasteiger partial charge in [0.05, 0.1) is 11.1 Å². The maximum absolute atomic E-state index is 13.1. The van der Waals surface area contributed by atoms with Gasteiger partial charge in [-0.25, -0.2) is 4.98 Å². The molecule has 5 heteroatoms. The first kappa shape index (κ1) is 22.8. The van der Waals surface area contributed by atoms with Crippen LogP contribution in [0.25, 0.3) is 10.9 Å². The van der Waals surface area contributed by atoms with E-state index in [1.807, 2.05) is 60.7 Å². The molecule has 3 aromatic rings. The van der Waals surface area contributed by atoms with Crippen LogP contribution in [0.5, 0.6) is 0 Å². The number of carbonyl (C=O) groups excluding carboxylic acids is 1. The van der Waals surface area contributed by atoms with Crippen molar-refractivity contribution in [3.63, 3.8) is 0 Å². The van der Waals surface area contributed by atoms with Crippen LogP contribution in [0.15, 0.2) is 60.7 Å². The van der Waals surface area contributed by atoms with Crippen molar-refractivity contribution in [3.8, 4) is 0 Å². The molecule has 0 bridgehead atoms. The van der Waals surface area contributed by atoms with Crippen LogP contribution in [0.2, 0.25) is 0 Å². The molecule has 1 heterocycles. The molecule has 0 atom stereocenters. The van der Waals surface area contributed by atoms with E-state index in [0.717, 1.165) is 36.2 Å². The molecule has 0 saturated carbocycles. The molecule has 0 aliphatic heterocycles. The van der Waals surface area contributed by atoms with Crippen molar-refractivity contribution in [2.75, 3.05) is 31.5 Å². The largest absolute Gasteiger partial charge is 0.351 e. The predicted octanol–water partition coefficient (Wildman–Crippen LogP) is 5.32. The fourth-order valence-corrected chi connectivity index (χ4v) is 3.81. The topological polar surface area (TPSA) is 57.3 Å². The third-order valence-corrected chi connectivity index (χ3v) is 4.97. The Morgan fingerprint density at radius 2 is 1.58 bits per heavy atom. The Morgan fingerprint density at radius 1 is 0.935 bits per heavy atom. The number of fused-ring (bicyclic) bond motifs is 1. The van der Waals surface area contributed by atoms with Gasteiger partial charge in [0, 0.05) is 37.3 Å². The summed E-state index contributed by atoms with van der Waals surface area (Å²) in [6.07, 6.45) is 0. The fourth-order valence-electron chi connectivity index (χ4n) is 3.81. The quantitative estimate of drug-likeness (QED) is 0.468. The fraction of sp³-hybridized carbons (Fsp3) is 0.385. The van der Waals surface area contributed by atoms with Gasteiger partial charge in [0.25, 0.3) is 5.91 Å². The summed E-state index contributed by atoms with van der Waals surface area (Å²) in [6.45, 7) is 12.5. The lowest BCUT2D eigenvalue weighted by molar-refractivity contribution is 0.0948. The number of benzene rings is 2. The number of nitrogens with zero attached hydrogens (tertiary/aromatic N) is 2. The minimum Gasteiger partial charge on any atom is -0.351 e. The molecule has 2 aromatic carbocycles. The molecule has 5 nitrogen and oxygen atoms in total. The van der Waals surface area contributed by atoms with Crippen molar-refractivity contribution in [2.24, 2.45) is 11.8 Å². The molecule has 0 aliphatic rings. The lowest BCUT2D eigenvalue weighted by Gasteiger charge is -2.26. The smallest absolute Gasteiger partial charge is 0.252 e. The van der Waals surface area contributed by atoms with Crippen LogP contribution in [0.4, 0.5) is 11.5 Å². The van der Waals surface area contributed by atoms with Crippen LogP contribution < -0.4 is 10.6 Å². The summed E-state index contributed by atoms with van der Waals surface area (Å²) in [7, 11) is 0. The molecule has 1 amide bonds. The predicted molar refractivity (Wildman–Crippen MR) is 130 cm³/mol. The number of rotatable bonds is 10. The molecule has 0 spiro atoms. The highest BCUT2D eigenvalue weighted by atomic mass is 16.1. The van der Waals surface area contributed by atoms with E-state index in [2.05, 4.69) is 48.2 Å². The average molecular weight is 419 g/mol. The zero-order valence-corrected chi connectivity index (χ0v) is 19.1. The lowest BCUT2D eigenvalue weighted by Crippen LogP contribution is -2.38. The zero-order chi connectivity index (χ0) is 22.2. The highest BCUT2D eigenvalue weighted by Gasteiger charge is 2.14. The molecular formula is C26H34N4O. The Morgan fingerprint density at radius 3 is 2.26 bits per heavy atom. The van der Waals surface area contributed by atoms with E-state index in [9.17, 15) is 4.79 Å². The van der Waals surface area contributed by atoms with Crippen LogP contribution in [0.1, 0.15) is 38.1 Å². The van der Waals surface area contributed by atoms with Crippen molar-refractivity contribution in [1.82, 2.24) is 15.2 Å². The number of carbonyl (C=O) groups is 1. The normalized spacial score (nSPS) is 11.5. The molecule has 2 N–H and O–H groups in total.